The van der Waals surface area contributed by atoms with Crippen molar-refractivity contribution in [2.75, 3.05) is 23.7 Å². The highest BCUT2D eigenvalue weighted by atomic mass is 35.5. The van der Waals surface area contributed by atoms with Crippen molar-refractivity contribution in [2.45, 2.75) is 25.1 Å². The Labute approximate surface area is 236 Å². The highest BCUT2D eigenvalue weighted by molar-refractivity contribution is 6.31. The summed E-state index contributed by atoms with van der Waals surface area (Å²) in [5.74, 6) is -2.81. The average Bonchev–Trinajstić information content (AvgIpc) is 2.90. The first-order chi connectivity index (χ1) is 18.9. The van der Waals surface area contributed by atoms with Crippen molar-refractivity contribution < 1.29 is 37.4 Å². The number of carbonyl (C=O) groups is 3. The first kappa shape index (κ1) is 30.7. The van der Waals surface area contributed by atoms with Gasteiger partial charge in [-0.15, -0.1) is 0 Å². The summed E-state index contributed by atoms with van der Waals surface area (Å²) in [5.41, 5.74) is 0.988. The number of aliphatic carboxylic acids is 1. The molecule has 4 rings (SSSR count). The molecule has 0 spiro atoms. The fraction of sp³-hybridized carbons (Fsp3) is 0.231. The number of rotatable bonds is 6. The zero-order chi connectivity index (χ0) is 29.3. The number of nitrogens with one attached hydrogen (secondary N) is 3. The van der Waals surface area contributed by atoms with E-state index in [1.165, 1.54) is 6.20 Å². The number of halogens is 5. The minimum absolute atomic E-state index is 0.00112. The van der Waals surface area contributed by atoms with Crippen LogP contribution in [0.5, 0.6) is 5.75 Å². The van der Waals surface area contributed by atoms with E-state index in [1.807, 2.05) is 0 Å². The van der Waals surface area contributed by atoms with Crippen molar-refractivity contribution in [2.24, 2.45) is 0 Å². The van der Waals surface area contributed by atoms with Gasteiger partial charge in [0.25, 0.3) is 11.8 Å². The largest absolute Gasteiger partial charge is 0.490 e. The number of aromatic nitrogens is 1. The van der Waals surface area contributed by atoms with Crippen LogP contribution in [0.25, 0.3) is 0 Å². The number of carboxylic acid groups (broad SMARTS) is 1. The number of hydrogen-bond donors (Lipinski definition) is 4. The van der Waals surface area contributed by atoms with E-state index in [4.69, 9.17) is 37.8 Å². The molecule has 1 aliphatic rings. The lowest BCUT2D eigenvalue weighted by atomic mass is 10.1. The predicted octanol–water partition coefficient (Wildman–Crippen LogP) is 5.66. The molecular formula is C26H23Cl2F3N4O5. The zero-order valence-electron chi connectivity index (χ0n) is 20.6. The molecule has 14 heteroatoms. The third kappa shape index (κ3) is 9.11. The third-order valence-corrected chi connectivity index (χ3v) is 5.86. The van der Waals surface area contributed by atoms with Crippen molar-refractivity contribution in [3.8, 4) is 5.75 Å². The number of hydrogen-bond acceptors (Lipinski definition) is 6. The first-order valence-electron chi connectivity index (χ1n) is 11.7. The molecule has 2 heterocycles. The number of ether oxygens (including phenoxy) is 1. The molecule has 2 aromatic carbocycles. The lowest BCUT2D eigenvalue weighted by Crippen LogP contribution is -2.34. The Morgan fingerprint density at radius 2 is 1.55 bits per heavy atom. The fourth-order valence-corrected chi connectivity index (χ4v) is 3.76. The summed E-state index contributed by atoms with van der Waals surface area (Å²) in [6, 6.07) is 14.9. The Bertz CT molecular complexity index is 1350. The van der Waals surface area contributed by atoms with Gasteiger partial charge in [0, 0.05) is 11.2 Å². The summed E-state index contributed by atoms with van der Waals surface area (Å²) in [4.78, 5) is 39.0. The molecule has 1 aromatic heterocycles. The van der Waals surface area contributed by atoms with Crippen LogP contribution in [0.2, 0.25) is 10.0 Å². The Morgan fingerprint density at radius 1 is 0.925 bits per heavy atom. The molecule has 0 saturated carbocycles. The Hall–Kier alpha value is -3.87. The van der Waals surface area contributed by atoms with E-state index in [0.29, 0.717) is 32.9 Å². The minimum Gasteiger partial charge on any atom is -0.489 e. The summed E-state index contributed by atoms with van der Waals surface area (Å²) >= 11 is 12.0. The van der Waals surface area contributed by atoms with E-state index in [-0.39, 0.29) is 11.7 Å². The fourth-order valence-electron chi connectivity index (χ4n) is 3.49. The summed E-state index contributed by atoms with van der Waals surface area (Å²) in [7, 11) is 0. The van der Waals surface area contributed by atoms with Crippen LogP contribution in [0, 0.1) is 0 Å². The topological polar surface area (TPSA) is 130 Å². The summed E-state index contributed by atoms with van der Waals surface area (Å²) in [6.07, 6.45) is -1.96. The number of anilines is 2. The second-order valence-corrected chi connectivity index (χ2v) is 9.20. The van der Waals surface area contributed by atoms with Crippen LogP contribution in [0.3, 0.4) is 0 Å². The van der Waals surface area contributed by atoms with Gasteiger partial charge in [-0.2, -0.15) is 13.2 Å². The Kier molecular flexibility index (Phi) is 10.7. The summed E-state index contributed by atoms with van der Waals surface area (Å²) in [5, 5.41) is 16.9. The maximum absolute atomic E-state index is 13.2. The standard InChI is InChI=1S/C24H22Cl2N4O3.C2HF3O2/c25-15-5-7-19(21(13-15)33-17-9-11-27-12-10-17)24(32)29-20-4-2-1-3-18(20)23(31)30-22-8-6-16(26)14-28-22;3-2(4,5)1(6)7/h1-8,13-14,17,27H,9-12H2,(H,29,32)(H,28,30,31);(H,6,7). The number of pyridine rings is 1. The van der Waals surface area contributed by atoms with E-state index in [1.54, 1.807) is 54.6 Å². The molecule has 212 valence electrons. The maximum atomic E-state index is 13.2. The minimum atomic E-state index is -5.08. The monoisotopic (exact) mass is 598 g/mol. The van der Waals surface area contributed by atoms with Crippen LogP contribution in [-0.2, 0) is 4.79 Å². The van der Waals surface area contributed by atoms with Crippen LogP contribution in [0.15, 0.2) is 60.8 Å². The van der Waals surface area contributed by atoms with Crippen molar-refractivity contribution in [3.63, 3.8) is 0 Å². The first-order valence-corrected chi connectivity index (χ1v) is 12.5. The molecule has 0 aliphatic carbocycles. The molecule has 40 heavy (non-hydrogen) atoms. The van der Waals surface area contributed by atoms with Gasteiger partial charge in [0.05, 0.1) is 21.8 Å². The highest BCUT2D eigenvalue weighted by Crippen LogP contribution is 2.28. The van der Waals surface area contributed by atoms with Gasteiger partial charge >= 0.3 is 12.1 Å². The van der Waals surface area contributed by atoms with E-state index >= 15 is 0 Å². The van der Waals surface area contributed by atoms with Gasteiger partial charge in [0.1, 0.15) is 17.7 Å². The van der Waals surface area contributed by atoms with Crippen LogP contribution in [0.1, 0.15) is 33.6 Å². The Morgan fingerprint density at radius 3 is 2.17 bits per heavy atom. The number of amides is 2. The van der Waals surface area contributed by atoms with Gasteiger partial charge in [-0.25, -0.2) is 9.78 Å². The smallest absolute Gasteiger partial charge is 0.489 e. The van der Waals surface area contributed by atoms with Crippen molar-refractivity contribution >= 4 is 52.5 Å². The van der Waals surface area contributed by atoms with Crippen molar-refractivity contribution in [1.29, 1.82) is 0 Å². The van der Waals surface area contributed by atoms with Gasteiger partial charge in [-0.3, -0.25) is 9.59 Å². The van der Waals surface area contributed by atoms with Crippen LogP contribution < -0.4 is 20.7 Å². The van der Waals surface area contributed by atoms with Gasteiger partial charge < -0.3 is 25.8 Å². The summed E-state index contributed by atoms with van der Waals surface area (Å²) in [6.45, 7) is 1.72. The van der Waals surface area contributed by atoms with E-state index in [2.05, 4.69) is 20.9 Å². The predicted molar refractivity (Wildman–Crippen MR) is 143 cm³/mol. The van der Waals surface area contributed by atoms with E-state index in [0.717, 1.165) is 25.9 Å². The van der Waals surface area contributed by atoms with Crippen molar-refractivity contribution in [1.82, 2.24) is 10.3 Å². The molecule has 9 nitrogen and oxygen atoms in total. The number of para-hydroxylation sites is 1. The lowest BCUT2D eigenvalue weighted by molar-refractivity contribution is -0.192. The maximum Gasteiger partial charge on any atom is 0.490 e. The lowest BCUT2D eigenvalue weighted by Gasteiger charge is -2.25. The normalized spacial score (nSPS) is 13.4. The number of alkyl halides is 3. The number of carboxylic acids is 1. The molecule has 0 unspecified atom stereocenters. The molecular weight excluding hydrogens is 576 g/mol. The molecule has 0 bridgehead atoms. The highest BCUT2D eigenvalue weighted by Gasteiger charge is 2.38. The van der Waals surface area contributed by atoms with Crippen molar-refractivity contribution in [3.05, 3.63) is 82.0 Å². The second kappa shape index (κ2) is 14.0. The van der Waals surface area contributed by atoms with Gasteiger partial charge in [0.2, 0.25) is 0 Å². The molecule has 1 saturated heterocycles. The quantitative estimate of drug-likeness (QED) is 0.288. The molecule has 2 amide bonds. The number of nitrogens with zero attached hydrogens (tertiary/aromatic N) is 1. The Balaban J connectivity index is 0.000000559. The molecule has 0 atom stereocenters. The molecule has 3 aromatic rings. The van der Waals surface area contributed by atoms with E-state index in [9.17, 15) is 22.8 Å². The second-order valence-electron chi connectivity index (χ2n) is 8.33. The SMILES string of the molecule is O=C(Nc1ccc(Cl)cn1)c1ccccc1NC(=O)c1ccc(Cl)cc1OC1CCNCC1.O=C(O)C(F)(F)F. The van der Waals surface area contributed by atoms with Gasteiger partial charge in [-0.1, -0.05) is 35.3 Å². The van der Waals surface area contributed by atoms with Crippen LogP contribution >= 0.6 is 23.2 Å². The summed E-state index contributed by atoms with van der Waals surface area (Å²) < 4.78 is 37.8. The zero-order valence-corrected chi connectivity index (χ0v) is 22.1. The number of piperidine rings is 1. The van der Waals surface area contributed by atoms with Gasteiger partial charge in [-0.05, 0) is 68.4 Å². The van der Waals surface area contributed by atoms with Gasteiger partial charge in [0.15, 0.2) is 0 Å². The number of carbonyl (C=O) groups excluding carboxylic acids is 2. The van der Waals surface area contributed by atoms with E-state index < -0.39 is 24.0 Å². The molecule has 0 radical (unpaired) electrons. The molecule has 1 aliphatic heterocycles. The average molecular weight is 599 g/mol. The van der Waals surface area contributed by atoms with Crippen LogP contribution in [0.4, 0.5) is 24.7 Å². The third-order valence-electron chi connectivity index (χ3n) is 5.40. The number of benzene rings is 2. The molecule has 1 fully saturated rings. The molecule has 4 N–H and O–H groups in total. The van der Waals surface area contributed by atoms with Crippen LogP contribution in [-0.4, -0.2) is 53.2 Å².